The summed E-state index contributed by atoms with van der Waals surface area (Å²) in [4.78, 5) is 19.7. The van der Waals surface area contributed by atoms with E-state index in [1.54, 1.807) is 17.3 Å². The van der Waals surface area contributed by atoms with Gasteiger partial charge in [0.2, 0.25) is 5.91 Å². The van der Waals surface area contributed by atoms with Crippen LogP contribution in [-0.4, -0.2) is 56.7 Å². The number of nitrogens with zero attached hydrogens (tertiary/aromatic N) is 6. The van der Waals surface area contributed by atoms with Gasteiger partial charge in [-0.15, -0.1) is 0 Å². The van der Waals surface area contributed by atoms with E-state index in [1.807, 2.05) is 5.01 Å². The van der Waals surface area contributed by atoms with Crippen molar-refractivity contribution in [3.8, 4) is 0 Å². The van der Waals surface area contributed by atoms with Crippen molar-refractivity contribution in [1.29, 1.82) is 0 Å². The third kappa shape index (κ3) is 2.82. The fourth-order valence-corrected chi connectivity index (χ4v) is 5.49. The monoisotopic (exact) mass is 442 g/mol. The van der Waals surface area contributed by atoms with Crippen LogP contribution in [0.4, 0.5) is 19.0 Å². The lowest BCUT2D eigenvalue weighted by Crippen LogP contribution is -2.46. The molecule has 0 N–H and O–H groups in total. The van der Waals surface area contributed by atoms with E-state index >= 15 is 0 Å². The summed E-state index contributed by atoms with van der Waals surface area (Å²) in [7, 11) is 0. The van der Waals surface area contributed by atoms with E-state index in [1.165, 1.54) is 16.6 Å². The second-order valence-corrected chi connectivity index (χ2v) is 8.84. The average molecular weight is 442 g/mol. The molecule has 166 valence electrons. The molecule has 1 spiro atoms. The molecule has 0 saturated carbocycles. The largest absolute Gasteiger partial charge is 0.356 e. The summed E-state index contributed by atoms with van der Waals surface area (Å²) >= 11 is 0. The van der Waals surface area contributed by atoms with Crippen LogP contribution in [0.3, 0.4) is 0 Å². The lowest BCUT2D eigenvalue weighted by molar-refractivity contribution is -0.143. The highest BCUT2D eigenvalue weighted by Crippen LogP contribution is 2.47. The third-order valence-corrected chi connectivity index (χ3v) is 7.06. The van der Waals surface area contributed by atoms with E-state index < -0.39 is 22.9 Å². The van der Waals surface area contributed by atoms with Crippen LogP contribution in [0.25, 0.3) is 5.65 Å². The minimum Gasteiger partial charge on any atom is -0.356 e. The Kier molecular flexibility index (Phi) is 4.23. The van der Waals surface area contributed by atoms with Crippen LogP contribution in [-0.2, 0) is 4.79 Å². The van der Waals surface area contributed by atoms with Crippen LogP contribution in [0.5, 0.6) is 0 Å². The molecule has 32 heavy (non-hydrogen) atoms. The Labute approximate surface area is 182 Å². The first-order chi connectivity index (χ1) is 15.4. The first kappa shape index (κ1) is 19.5. The summed E-state index contributed by atoms with van der Waals surface area (Å²) in [6.07, 6.45) is 4.63. The number of halogens is 3. The number of hydrogen-bond donors (Lipinski definition) is 0. The van der Waals surface area contributed by atoms with Gasteiger partial charge in [-0.05, 0) is 43.0 Å². The number of hydrogen-bond acceptors (Lipinski definition) is 5. The van der Waals surface area contributed by atoms with Crippen LogP contribution in [0.1, 0.15) is 30.9 Å². The number of piperidine rings is 1. The second kappa shape index (κ2) is 6.93. The van der Waals surface area contributed by atoms with Crippen LogP contribution in [0.15, 0.2) is 36.7 Å². The highest BCUT2D eigenvalue weighted by molar-refractivity contribution is 5.85. The van der Waals surface area contributed by atoms with Crippen molar-refractivity contribution >= 4 is 17.4 Å². The number of benzene rings is 1. The summed E-state index contributed by atoms with van der Waals surface area (Å²) in [5, 5.41) is 7.84. The normalized spacial score (nSPS) is 23.0. The fraction of sp³-hybridized carbons (Fsp3) is 0.409. The SMILES string of the molecule is O=C1N2C(c3cc(F)cc(F)c3)CCN2CC12CCN(c1ccnc3c(F)cnn13)CC2. The van der Waals surface area contributed by atoms with Crippen molar-refractivity contribution in [2.75, 3.05) is 31.1 Å². The van der Waals surface area contributed by atoms with Crippen molar-refractivity contribution < 1.29 is 18.0 Å². The molecule has 3 aliphatic heterocycles. The quantitative estimate of drug-likeness (QED) is 0.611. The molecule has 1 unspecified atom stereocenters. The van der Waals surface area contributed by atoms with Crippen LogP contribution >= 0.6 is 0 Å². The van der Waals surface area contributed by atoms with E-state index in [0.717, 1.165) is 18.1 Å². The zero-order chi connectivity index (χ0) is 22.0. The van der Waals surface area contributed by atoms with Crippen LogP contribution in [0, 0.1) is 22.9 Å². The Morgan fingerprint density at radius 2 is 1.78 bits per heavy atom. The predicted molar refractivity (Wildman–Crippen MR) is 109 cm³/mol. The molecule has 5 heterocycles. The first-order valence-corrected chi connectivity index (χ1v) is 10.7. The Morgan fingerprint density at radius 3 is 2.53 bits per heavy atom. The summed E-state index contributed by atoms with van der Waals surface area (Å²) < 4.78 is 42.9. The van der Waals surface area contributed by atoms with Gasteiger partial charge in [0.25, 0.3) is 0 Å². The number of hydrazine groups is 1. The van der Waals surface area contributed by atoms with Crippen molar-refractivity contribution in [1.82, 2.24) is 24.6 Å². The lowest BCUT2D eigenvalue weighted by atomic mass is 9.77. The van der Waals surface area contributed by atoms with Crippen molar-refractivity contribution in [2.45, 2.75) is 25.3 Å². The van der Waals surface area contributed by atoms with Gasteiger partial charge in [-0.2, -0.15) is 9.61 Å². The van der Waals surface area contributed by atoms with Gasteiger partial charge < -0.3 is 4.90 Å². The van der Waals surface area contributed by atoms with Gasteiger partial charge in [-0.3, -0.25) is 9.80 Å². The van der Waals surface area contributed by atoms with Gasteiger partial charge in [-0.25, -0.2) is 23.2 Å². The van der Waals surface area contributed by atoms with Crippen molar-refractivity contribution in [3.63, 3.8) is 0 Å². The molecule has 10 heteroatoms. The number of aromatic nitrogens is 3. The zero-order valence-corrected chi connectivity index (χ0v) is 17.2. The van der Waals surface area contributed by atoms with Gasteiger partial charge in [0.1, 0.15) is 17.5 Å². The number of amides is 1. The molecular formula is C22H21F3N6O. The van der Waals surface area contributed by atoms with Gasteiger partial charge in [-0.1, -0.05) is 0 Å². The minimum atomic E-state index is -0.633. The molecule has 0 radical (unpaired) electrons. The summed E-state index contributed by atoms with van der Waals surface area (Å²) in [6, 6.07) is 4.92. The van der Waals surface area contributed by atoms with Gasteiger partial charge in [0.05, 0.1) is 17.7 Å². The minimum absolute atomic E-state index is 0.0225. The van der Waals surface area contributed by atoms with Crippen LogP contribution in [0.2, 0.25) is 0 Å². The van der Waals surface area contributed by atoms with Gasteiger partial charge in [0, 0.05) is 38.4 Å². The highest BCUT2D eigenvalue weighted by atomic mass is 19.1. The molecular weight excluding hydrogens is 421 g/mol. The standard InChI is InChI=1S/C22H21F3N6O/c23-15-9-14(10-16(24)11-15)18-2-6-29-13-22(21(32)31(18)29)3-7-28(8-4-22)19-1-5-26-20-17(25)12-27-30(19)20/h1,5,9-12,18H,2-4,6-8,13H2. The maximum Gasteiger partial charge on any atom is 0.245 e. The maximum absolute atomic E-state index is 13.9. The van der Waals surface area contributed by atoms with E-state index in [9.17, 15) is 18.0 Å². The molecule has 7 nitrogen and oxygen atoms in total. The smallest absolute Gasteiger partial charge is 0.245 e. The van der Waals surface area contributed by atoms with E-state index in [0.29, 0.717) is 51.0 Å². The Bertz CT molecular complexity index is 1200. The Hall–Kier alpha value is -3.14. The lowest BCUT2D eigenvalue weighted by Gasteiger charge is -2.38. The molecule has 3 aliphatic rings. The number of carbonyl (C=O) groups is 1. The molecule has 0 bridgehead atoms. The van der Waals surface area contributed by atoms with Crippen molar-refractivity contribution in [3.05, 3.63) is 59.7 Å². The topological polar surface area (TPSA) is 57.0 Å². The Morgan fingerprint density at radius 1 is 1.03 bits per heavy atom. The molecule has 1 amide bonds. The van der Waals surface area contributed by atoms with Crippen LogP contribution < -0.4 is 4.90 Å². The zero-order valence-electron chi connectivity index (χ0n) is 17.2. The number of anilines is 1. The average Bonchev–Trinajstić information content (AvgIpc) is 3.43. The number of carbonyl (C=O) groups excluding carboxylic acids is 1. The summed E-state index contributed by atoms with van der Waals surface area (Å²) in [5.41, 5.74) is 0.145. The molecule has 1 atom stereocenters. The third-order valence-electron chi connectivity index (χ3n) is 7.06. The predicted octanol–water partition coefficient (Wildman–Crippen LogP) is 2.94. The first-order valence-electron chi connectivity index (χ1n) is 10.7. The number of fused-ring (bicyclic) bond motifs is 2. The molecule has 3 fully saturated rings. The van der Waals surface area contributed by atoms with E-state index in [-0.39, 0.29) is 17.6 Å². The van der Waals surface area contributed by atoms with Crippen molar-refractivity contribution in [2.24, 2.45) is 5.41 Å². The Balaban J connectivity index is 1.24. The maximum atomic E-state index is 13.9. The molecule has 1 aromatic carbocycles. The van der Waals surface area contributed by atoms with E-state index in [2.05, 4.69) is 15.0 Å². The van der Waals surface area contributed by atoms with Gasteiger partial charge in [0.15, 0.2) is 11.5 Å². The number of rotatable bonds is 2. The summed E-state index contributed by atoms with van der Waals surface area (Å²) in [5.74, 6) is -0.972. The fourth-order valence-electron chi connectivity index (χ4n) is 5.49. The van der Waals surface area contributed by atoms with E-state index in [4.69, 9.17) is 0 Å². The highest BCUT2D eigenvalue weighted by Gasteiger charge is 2.56. The van der Waals surface area contributed by atoms with Gasteiger partial charge >= 0.3 is 0 Å². The molecule has 2 aromatic heterocycles. The molecule has 3 saturated heterocycles. The molecule has 3 aromatic rings. The molecule has 6 rings (SSSR count). The molecule has 0 aliphatic carbocycles. The summed E-state index contributed by atoms with van der Waals surface area (Å²) in [6.45, 7) is 2.52. The second-order valence-electron chi connectivity index (χ2n) is 8.84.